The number of halogens is 1. The van der Waals surface area contributed by atoms with Gasteiger partial charge in [0.2, 0.25) is 5.95 Å². The first-order valence-electron chi connectivity index (χ1n) is 5.89. The predicted octanol–water partition coefficient (Wildman–Crippen LogP) is 1.91. The van der Waals surface area contributed by atoms with Crippen LogP contribution in [0.25, 0.3) is 0 Å². The summed E-state index contributed by atoms with van der Waals surface area (Å²) in [7, 11) is 0. The van der Waals surface area contributed by atoms with Crippen LogP contribution in [0, 0.1) is 17.8 Å². The number of pyridine rings is 1. The molecule has 0 atom stereocenters. The first-order chi connectivity index (χ1) is 9.33. The van der Waals surface area contributed by atoms with Crippen molar-refractivity contribution >= 4 is 12.4 Å². The lowest BCUT2D eigenvalue weighted by Gasteiger charge is -2.19. The van der Waals surface area contributed by atoms with Gasteiger partial charge in [-0.3, -0.25) is 4.79 Å². The Bertz CT molecular complexity index is 568. The van der Waals surface area contributed by atoms with E-state index in [-0.39, 0.29) is 17.7 Å². The lowest BCUT2D eigenvalue weighted by atomic mass is 10.1. The quantitative estimate of drug-likeness (QED) is 0.510. The molecule has 0 saturated heterocycles. The summed E-state index contributed by atoms with van der Waals surface area (Å²) in [6.45, 7) is 5.26. The van der Waals surface area contributed by atoms with Gasteiger partial charge in [0.15, 0.2) is 6.29 Å². The lowest BCUT2D eigenvalue weighted by Crippen LogP contribution is -2.32. The topological polar surface area (TPSA) is 68.3 Å². The fourth-order valence-electron chi connectivity index (χ4n) is 1.24. The number of nitrogens with one attached hydrogen (secondary N) is 1. The summed E-state index contributed by atoms with van der Waals surface area (Å²) in [5.41, 5.74) is -0.563. The molecule has 0 saturated carbocycles. The Balaban J connectivity index is 2.62. The maximum absolute atomic E-state index is 13.2. The van der Waals surface area contributed by atoms with Crippen molar-refractivity contribution in [2.24, 2.45) is 0 Å². The molecule has 0 fully saturated rings. The summed E-state index contributed by atoms with van der Waals surface area (Å²) in [6, 6.07) is 1.42. The standard InChI is InChI=1S/C14H15FN2O3/c1-14(2,3)20-13(19)17-7-4-5-10-6-8-16-12(15)11(10)9-18/h6,8-9H,7H2,1-3H3,(H,17,19). The minimum Gasteiger partial charge on any atom is -0.444 e. The van der Waals surface area contributed by atoms with Gasteiger partial charge in [-0.25, -0.2) is 9.78 Å². The van der Waals surface area contributed by atoms with Gasteiger partial charge in [0.1, 0.15) is 5.60 Å². The summed E-state index contributed by atoms with van der Waals surface area (Å²) < 4.78 is 18.2. The zero-order valence-corrected chi connectivity index (χ0v) is 11.5. The molecule has 0 aliphatic rings. The number of hydrogen-bond donors (Lipinski definition) is 1. The summed E-state index contributed by atoms with van der Waals surface area (Å²) >= 11 is 0. The minimum absolute atomic E-state index is 0.0250. The van der Waals surface area contributed by atoms with Crippen LogP contribution >= 0.6 is 0 Å². The van der Waals surface area contributed by atoms with E-state index in [0.717, 1.165) is 0 Å². The second kappa shape index (κ2) is 6.66. The molecule has 0 unspecified atom stereocenters. The maximum Gasteiger partial charge on any atom is 0.408 e. The van der Waals surface area contributed by atoms with Gasteiger partial charge < -0.3 is 10.1 Å². The Morgan fingerprint density at radius 1 is 1.55 bits per heavy atom. The molecule has 1 rings (SSSR count). The van der Waals surface area contributed by atoms with E-state index >= 15 is 0 Å². The molecule has 6 heteroatoms. The Morgan fingerprint density at radius 2 is 2.25 bits per heavy atom. The van der Waals surface area contributed by atoms with Gasteiger partial charge in [0.25, 0.3) is 0 Å². The number of ether oxygens (including phenoxy) is 1. The second-order valence-electron chi connectivity index (χ2n) is 4.84. The summed E-state index contributed by atoms with van der Waals surface area (Å²) in [5.74, 6) is 4.33. The van der Waals surface area contributed by atoms with Crippen molar-refractivity contribution in [1.29, 1.82) is 0 Å². The molecule has 1 aromatic heterocycles. The lowest BCUT2D eigenvalue weighted by molar-refractivity contribution is 0.0535. The van der Waals surface area contributed by atoms with E-state index in [1.54, 1.807) is 20.8 Å². The fourth-order valence-corrected chi connectivity index (χ4v) is 1.24. The molecular formula is C14H15FN2O3. The van der Waals surface area contributed by atoms with Crippen molar-refractivity contribution in [3.8, 4) is 11.8 Å². The van der Waals surface area contributed by atoms with Crippen LogP contribution in [0.3, 0.4) is 0 Å². The predicted molar refractivity (Wildman–Crippen MR) is 70.7 cm³/mol. The highest BCUT2D eigenvalue weighted by Gasteiger charge is 2.15. The van der Waals surface area contributed by atoms with E-state index in [2.05, 4.69) is 22.1 Å². The van der Waals surface area contributed by atoms with Gasteiger partial charge in [-0.1, -0.05) is 11.8 Å². The van der Waals surface area contributed by atoms with Crippen LogP contribution in [0.5, 0.6) is 0 Å². The van der Waals surface area contributed by atoms with Crippen molar-refractivity contribution in [2.45, 2.75) is 26.4 Å². The number of amides is 1. The monoisotopic (exact) mass is 278 g/mol. The van der Waals surface area contributed by atoms with Crippen molar-refractivity contribution in [1.82, 2.24) is 10.3 Å². The van der Waals surface area contributed by atoms with Gasteiger partial charge in [0.05, 0.1) is 12.1 Å². The van der Waals surface area contributed by atoms with E-state index in [9.17, 15) is 14.0 Å². The zero-order chi connectivity index (χ0) is 15.2. The summed E-state index contributed by atoms with van der Waals surface area (Å²) in [4.78, 5) is 25.4. The van der Waals surface area contributed by atoms with Crippen LogP contribution in [0.15, 0.2) is 12.3 Å². The van der Waals surface area contributed by atoms with Gasteiger partial charge in [-0.2, -0.15) is 4.39 Å². The van der Waals surface area contributed by atoms with Crippen LogP contribution in [0.2, 0.25) is 0 Å². The molecule has 106 valence electrons. The number of carbonyl (C=O) groups is 2. The number of carbonyl (C=O) groups excluding carboxylic acids is 2. The van der Waals surface area contributed by atoms with Crippen LogP contribution in [-0.4, -0.2) is 29.5 Å². The van der Waals surface area contributed by atoms with Gasteiger partial charge >= 0.3 is 6.09 Å². The van der Waals surface area contributed by atoms with Crippen molar-refractivity contribution in [3.05, 3.63) is 29.3 Å². The Morgan fingerprint density at radius 3 is 2.85 bits per heavy atom. The number of aldehydes is 1. The normalized spacial score (nSPS) is 10.2. The van der Waals surface area contributed by atoms with Crippen LogP contribution in [0.4, 0.5) is 9.18 Å². The molecule has 1 aromatic rings. The molecule has 20 heavy (non-hydrogen) atoms. The Labute approximate surface area is 116 Å². The molecule has 0 aliphatic heterocycles. The third kappa shape index (κ3) is 5.06. The zero-order valence-electron chi connectivity index (χ0n) is 11.5. The highest BCUT2D eigenvalue weighted by Crippen LogP contribution is 2.07. The molecule has 0 bridgehead atoms. The Hall–Kier alpha value is -2.42. The van der Waals surface area contributed by atoms with E-state index < -0.39 is 17.6 Å². The van der Waals surface area contributed by atoms with E-state index in [1.165, 1.54) is 12.3 Å². The van der Waals surface area contributed by atoms with Crippen LogP contribution in [0.1, 0.15) is 36.7 Å². The highest BCUT2D eigenvalue weighted by atomic mass is 19.1. The van der Waals surface area contributed by atoms with Gasteiger partial charge in [0, 0.05) is 11.8 Å². The molecule has 0 radical (unpaired) electrons. The summed E-state index contributed by atoms with van der Waals surface area (Å²) in [5, 5.41) is 2.43. The highest BCUT2D eigenvalue weighted by molar-refractivity contribution is 5.79. The minimum atomic E-state index is -0.869. The van der Waals surface area contributed by atoms with Crippen LogP contribution in [-0.2, 0) is 4.74 Å². The third-order valence-electron chi connectivity index (χ3n) is 2.00. The smallest absolute Gasteiger partial charge is 0.408 e. The number of alkyl carbamates (subject to hydrolysis) is 1. The molecule has 0 spiro atoms. The second-order valence-corrected chi connectivity index (χ2v) is 4.84. The number of aromatic nitrogens is 1. The third-order valence-corrected chi connectivity index (χ3v) is 2.00. The maximum atomic E-state index is 13.2. The fraction of sp³-hybridized carbons (Fsp3) is 0.357. The molecular weight excluding hydrogens is 263 g/mol. The van der Waals surface area contributed by atoms with Crippen LogP contribution < -0.4 is 5.32 Å². The first-order valence-corrected chi connectivity index (χ1v) is 5.89. The van der Waals surface area contributed by atoms with E-state index in [0.29, 0.717) is 6.29 Å². The van der Waals surface area contributed by atoms with E-state index in [4.69, 9.17) is 4.74 Å². The largest absolute Gasteiger partial charge is 0.444 e. The Kier molecular flexibility index (Phi) is 5.21. The molecule has 1 heterocycles. The first kappa shape index (κ1) is 15.6. The average molecular weight is 278 g/mol. The molecule has 0 aliphatic carbocycles. The molecule has 1 N–H and O–H groups in total. The van der Waals surface area contributed by atoms with E-state index in [1.807, 2.05) is 0 Å². The van der Waals surface area contributed by atoms with Crippen molar-refractivity contribution in [2.75, 3.05) is 6.54 Å². The SMILES string of the molecule is CC(C)(C)OC(=O)NCC#Cc1ccnc(F)c1C=O. The van der Waals surface area contributed by atoms with Gasteiger partial charge in [-0.15, -0.1) is 0 Å². The van der Waals surface area contributed by atoms with Gasteiger partial charge in [-0.05, 0) is 26.8 Å². The molecule has 5 nitrogen and oxygen atoms in total. The molecule has 0 aromatic carbocycles. The number of nitrogens with zero attached hydrogens (tertiary/aromatic N) is 1. The van der Waals surface area contributed by atoms with Crippen molar-refractivity contribution in [3.63, 3.8) is 0 Å². The molecule has 1 amide bonds. The van der Waals surface area contributed by atoms with Crippen molar-refractivity contribution < 1.29 is 18.7 Å². The number of rotatable bonds is 2. The summed E-state index contributed by atoms with van der Waals surface area (Å²) in [6.07, 6.45) is 0.977. The number of hydrogen-bond acceptors (Lipinski definition) is 4. The average Bonchev–Trinajstić information content (AvgIpc) is 2.32.